The molecule has 1 aromatic heterocycles. The van der Waals surface area contributed by atoms with Crippen molar-refractivity contribution in [1.82, 2.24) is 5.32 Å². The smallest absolute Gasteiger partial charge is 0.101 e. The molecule has 2 rings (SSSR count). The van der Waals surface area contributed by atoms with Crippen molar-refractivity contribution in [3.63, 3.8) is 0 Å². The van der Waals surface area contributed by atoms with Crippen molar-refractivity contribution < 1.29 is 4.42 Å². The molecule has 1 aromatic rings. The molecule has 0 bridgehead atoms. The standard InChI is InChI=1S/C15H25NO/c1-3-8-16-15(10-13-6-4-5-7-13)14-9-12(2)17-11-14/h9,11,13,15-16H,3-8,10H2,1-2H3. The van der Waals surface area contributed by atoms with Gasteiger partial charge in [-0.25, -0.2) is 0 Å². The molecular formula is C15H25NO. The van der Waals surface area contributed by atoms with Gasteiger partial charge in [-0.05, 0) is 38.3 Å². The first-order chi connectivity index (χ1) is 8.29. The van der Waals surface area contributed by atoms with Crippen LogP contribution in [0.5, 0.6) is 0 Å². The Morgan fingerprint density at radius 2 is 2.18 bits per heavy atom. The predicted octanol–water partition coefficient (Wildman–Crippen LogP) is 4.21. The second-order valence-corrected chi connectivity index (χ2v) is 5.38. The van der Waals surface area contributed by atoms with Crippen molar-refractivity contribution in [2.45, 2.75) is 58.4 Å². The molecule has 1 fully saturated rings. The van der Waals surface area contributed by atoms with Gasteiger partial charge in [0.1, 0.15) is 5.76 Å². The Bertz CT molecular complexity index is 325. The molecule has 1 aliphatic carbocycles. The quantitative estimate of drug-likeness (QED) is 0.799. The summed E-state index contributed by atoms with van der Waals surface area (Å²) in [5.41, 5.74) is 1.34. The van der Waals surface area contributed by atoms with E-state index in [-0.39, 0.29) is 0 Å². The van der Waals surface area contributed by atoms with Gasteiger partial charge >= 0.3 is 0 Å². The van der Waals surface area contributed by atoms with E-state index in [2.05, 4.69) is 18.3 Å². The lowest BCUT2D eigenvalue weighted by molar-refractivity contribution is 0.392. The first-order valence-corrected chi connectivity index (χ1v) is 7.08. The SMILES string of the molecule is CCCNC(CC1CCCC1)c1coc(C)c1. The number of nitrogens with one attached hydrogen (secondary N) is 1. The van der Waals surface area contributed by atoms with E-state index in [9.17, 15) is 0 Å². The van der Waals surface area contributed by atoms with Gasteiger partial charge < -0.3 is 9.73 Å². The number of rotatable bonds is 6. The zero-order chi connectivity index (χ0) is 12.1. The Hall–Kier alpha value is -0.760. The summed E-state index contributed by atoms with van der Waals surface area (Å²) in [6, 6.07) is 2.68. The molecule has 17 heavy (non-hydrogen) atoms. The highest BCUT2D eigenvalue weighted by Crippen LogP contribution is 2.33. The van der Waals surface area contributed by atoms with Crippen LogP contribution in [-0.2, 0) is 0 Å². The van der Waals surface area contributed by atoms with Gasteiger partial charge in [-0.2, -0.15) is 0 Å². The fourth-order valence-corrected chi connectivity index (χ4v) is 2.88. The van der Waals surface area contributed by atoms with Gasteiger partial charge in [0.05, 0.1) is 6.26 Å². The van der Waals surface area contributed by atoms with E-state index >= 15 is 0 Å². The Kier molecular flexibility index (Phi) is 4.66. The van der Waals surface area contributed by atoms with Gasteiger partial charge in [0.25, 0.3) is 0 Å². The Morgan fingerprint density at radius 1 is 1.41 bits per heavy atom. The van der Waals surface area contributed by atoms with Crippen molar-refractivity contribution >= 4 is 0 Å². The van der Waals surface area contributed by atoms with E-state index in [4.69, 9.17) is 4.42 Å². The van der Waals surface area contributed by atoms with Crippen molar-refractivity contribution in [3.05, 3.63) is 23.7 Å². The van der Waals surface area contributed by atoms with Crippen molar-refractivity contribution in [2.24, 2.45) is 5.92 Å². The van der Waals surface area contributed by atoms with Crippen molar-refractivity contribution in [2.75, 3.05) is 6.54 Å². The van der Waals surface area contributed by atoms with Gasteiger partial charge in [0.15, 0.2) is 0 Å². The van der Waals surface area contributed by atoms with Crippen LogP contribution in [0.1, 0.15) is 62.8 Å². The molecule has 0 amide bonds. The fraction of sp³-hybridized carbons (Fsp3) is 0.733. The second-order valence-electron chi connectivity index (χ2n) is 5.38. The maximum absolute atomic E-state index is 5.45. The predicted molar refractivity (Wildman–Crippen MR) is 71.1 cm³/mol. The molecular weight excluding hydrogens is 210 g/mol. The Morgan fingerprint density at radius 3 is 2.76 bits per heavy atom. The highest BCUT2D eigenvalue weighted by atomic mass is 16.3. The molecule has 0 radical (unpaired) electrons. The maximum Gasteiger partial charge on any atom is 0.101 e. The molecule has 1 aliphatic rings. The second kappa shape index (κ2) is 6.25. The van der Waals surface area contributed by atoms with Crippen LogP contribution < -0.4 is 5.32 Å². The van der Waals surface area contributed by atoms with Crippen LogP contribution in [0, 0.1) is 12.8 Å². The monoisotopic (exact) mass is 235 g/mol. The normalized spacial score (nSPS) is 18.7. The van der Waals surface area contributed by atoms with E-state index in [0.717, 1.165) is 18.2 Å². The molecule has 2 nitrogen and oxygen atoms in total. The number of furan rings is 1. The molecule has 1 N–H and O–H groups in total. The van der Waals surface area contributed by atoms with Crippen LogP contribution in [0.2, 0.25) is 0 Å². The molecule has 1 heterocycles. The van der Waals surface area contributed by atoms with Crippen LogP contribution in [0.3, 0.4) is 0 Å². The van der Waals surface area contributed by atoms with E-state index in [1.54, 1.807) is 0 Å². The van der Waals surface area contributed by atoms with E-state index < -0.39 is 0 Å². The molecule has 1 unspecified atom stereocenters. The van der Waals surface area contributed by atoms with Crippen molar-refractivity contribution in [3.8, 4) is 0 Å². The third kappa shape index (κ3) is 3.60. The minimum atomic E-state index is 0.496. The van der Waals surface area contributed by atoms with Gasteiger partial charge in [0.2, 0.25) is 0 Å². The average Bonchev–Trinajstić information content (AvgIpc) is 2.95. The van der Waals surface area contributed by atoms with Crippen LogP contribution in [0.4, 0.5) is 0 Å². The summed E-state index contributed by atoms with van der Waals surface area (Å²) < 4.78 is 5.45. The number of hydrogen-bond donors (Lipinski definition) is 1. The van der Waals surface area contributed by atoms with Crippen LogP contribution >= 0.6 is 0 Å². The lowest BCUT2D eigenvalue weighted by Crippen LogP contribution is -2.23. The van der Waals surface area contributed by atoms with Crippen LogP contribution in [0.25, 0.3) is 0 Å². The summed E-state index contributed by atoms with van der Waals surface area (Å²) in [5.74, 6) is 1.94. The van der Waals surface area contributed by atoms with Crippen molar-refractivity contribution in [1.29, 1.82) is 0 Å². The van der Waals surface area contributed by atoms with E-state index in [0.29, 0.717) is 6.04 Å². The molecule has 0 aliphatic heterocycles. The lowest BCUT2D eigenvalue weighted by atomic mass is 9.95. The Balaban J connectivity index is 1.96. The van der Waals surface area contributed by atoms with Crippen LogP contribution in [0.15, 0.2) is 16.7 Å². The topological polar surface area (TPSA) is 25.2 Å². The average molecular weight is 235 g/mol. The third-order valence-electron chi connectivity index (χ3n) is 3.84. The highest BCUT2D eigenvalue weighted by molar-refractivity contribution is 5.16. The Labute approximate surface area is 105 Å². The maximum atomic E-state index is 5.45. The minimum absolute atomic E-state index is 0.496. The molecule has 1 atom stereocenters. The molecule has 2 heteroatoms. The third-order valence-corrected chi connectivity index (χ3v) is 3.84. The van der Waals surface area contributed by atoms with Gasteiger partial charge in [-0.3, -0.25) is 0 Å². The first-order valence-electron chi connectivity index (χ1n) is 7.08. The summed E-state index contributed by atoms with van der Waals surface area (Å²) in [7, 11) is 0. The fourth-order valence-electron chi connectivity index (χ4n) is 2.88. The number of aryl methyl sites for hydroxylation is 1. The molecule has 0 aromatic carbocycles. The summed E-state index contributed by atoms with van der Waals surface area (Å²) in [6.07, 6.45) is 10.1. The van der Waals surface area contributed by atoms with Gasteiger partial charge in [-0.1, -0.05) is 32.6 Å². The summed E-state index contributed by atoms with van der Waals surface area (Å²) in [4.78, 5) is 0. The van der Waals surface area contributed by atoms with Gasteiger partial charge in [0, 0.05) is 11.6 Å². The summed E-state index contributed by atoms with van der Waals surface area (Å²) in [5, 5.41) is 3.67. The molecule has 0 saturated heterocycles. The summed E-state index contributed by atoms with van der Waals surface area (Å²) in [6.45, 7) is 5.35. The van der Waals surface area contributed by atoms with Crippen LogP contribution in [-0.4, -0.2) is 6.54 Å². The molecule has 96 valence electrons. The first kappa shape index (κ1) is 12.7. The molecule has 1 saturated carbocycles. The summed E-state index contributed by atoms with van der Waals surface area (Å²) >= 11 is 0. The van der Waals surface area contributed by atoms with E-state index in [1.165, 1.54) is 44.1 Å². The minimum Gasteiger partial charge on any atom is -0.469 e. The number of hydrogen-bond acceptors (Lipinski definition) is 2. The lowest BCUT2D eigenvalue weighted by Gasteiger charge is -2.20. The van der Waals surface area contributed by atoms with Gasteiger partial charge in [-0.15, -0.1) is 0 Å². The zero-order valence-corrected chi connectivity index (χ0v) is 11.2. The molecule has 0 spiro atoms. The largest absolute Gasteiger partial charge is 0.469 e. The highest BCUT2D eigenvalue weighted by Gasteiger charge is 2.21. The van der Waals surface area contributed by atoms with E-state index in [1.807, 2.05) is 13.2 Å². The zero-order valence-electron chi connectivity index (χ0n) is 11.2.